The van der Waals surface area contributed by atoms with Gasteiger partial charge in [-0.05, 0) is 42.0 Å². The fourth-order valence-electron chi connectivity index (χ4n) is 2.21. The molecule has 0 unspecified atom stereocenters. The van der Waals surface area contributed by atoms with E-state index in [0.29, 0.717) is 11.3 Å². The summed E-state index contributed by atoms with van der Waals surface area (Å²) < 4.78 is 0. The van der Waals surface area contributed by atoms with Crippen LogP contribution in [0.2, 0.25) is 0 Å². The number of nitrogens with one attached hydrogen (secondary N) is 1. The third kappa shape index (κ3) is 6.17. The van der Waals surface area contributed by atoms with Crippen molar-refractivity contribution in [1.82, 2.24) is 5.43 Å². The van der Waals surface area contributed by atoms with Gasteiger partial charge in [-0.2, -0.15) is 5.10 Å². The molecule has 3 N–H and O–H groups in total. The molecule has 0 spiro atoms. The fourth-order valence-corrected chi connectivity index (χ4v) is 3.07. The second-order valence-electron chi connectivity index (χ2n) is 5.28. The van der Waals surface area contributed by atoms with E-state index in [1.807, 2.05) is 12.1 Å². The normalized spacial score (nSPS) is 10.8. The number of halogens is 2. The van der Waals surface area contributed by atoms with Gasteiger partial charge in [0.25, 0.3) is 5.91 Å². The summed E-state index contributed by atoms with van der Waals surface area (Å²) in [6.45, 7) is 1.88. The number of alkyl halides is 2. The molecule has 2 aromatic carbocycles. The van der Waals surface area contributed by atoms with Gasteiger partial charge in [-0.25, -0.2) is 5.43 Å². The molecule has 0 atom stereocenters. The zero-order chi connectivity index (χ0) is 18.1. The van der Waals surface area contributed by atoms with E-state index < -0.39 is 0 Å². The topological polar surface area (TPSA) is 70.7 Å². The molecule has 5 nitrogen and oxygen atoms in total. The van der Waals surface area contributed by atoms with Crippen molar-refractivity contribution in [3.05, 3.63) is 59.7 Å². The van der Waals surface area contributed by atoms with Crippen molar-refractivity contribution in [3.63, 3.8) is 0 Å². The van der Waals surface area contributed by atoms with Crippen LogP contribution in [-0.2, 0) is 0 Å². The van der Waals surface area contributed by atoms with E-state index in [1.165, 1.54) is 0 Å². The highest BCUT2D eigenvalue weighted by Crippen LogP contribution is 2.15. The maximum atomic E-state index is 12.0. The van der Waals surface area contributed by atoms with E-state index >= 15 is 0 Å². The summed E-state index contributed by atoms with van der Waals surface area (Å²) >= 11 is 6.95. The quantitative estimate of drug-likeness (QED) is 0.269. The highest BCUT2D eigenvalue weighted by atomic mass is 79.9. The molecule has 7 heteroatoms. The number of hydrogen-bond acceptors (Lipinski definition) is 4. The maximum absolute atomic E-state index is 12.0. The van der Waals surface area contributed by atoms with Crippen LogP contribution in [0.5, 0.6) is 0 Å². The molecule has 0 aliphatic rings. The number of rotatable bonds is 8. The first-order valence-electron chi connectivity index (χ1n) is 7.80. The predicted octanol–water partition coefficient (Wildman–Crippen LogP) is 3.63. The molecule has 2 aromatic rings. The summed E-state index contributed by atoms with van der Waals surface area (Å²) in [5, 5.41) is 5.84. The van der Waals surface area contributed by atoms with Crippen LogP contribution in [0.25, 0.3) is 0 Å². The number of carbonyl (C=O) groups is 1. The molecule has 0 heterocycles. The molecule has 0 fully saturated rings. The Morgan fingerprint density at radius 1 is 1.04 bits per heavy atom. The van der Waals surface area contributed by atoms with E-state index in [4.69, 9.17) is 5.73 Å². The van der Waals surface area contributed by atoms with Crippen LogP contribution in [-0.4, -0.2) is 35.9 Å². The fraction of sp³-hybridized carbons (Fsp3) is 0.222. The summed E-state index contributed by atoms with van der Waals surface area (Å²) in [5.41, 5.74) is 11.3. The average molecular weight is 468 g/mol. The summed E-state index contributed by atoms with van der Waals surface area (Å²) in [4.78, 5) is 14.2. The predicted molar refractivity (Wildman–Crippen MR) is 112 cm³/mol. The minimum absolute atomic E-state index is 0.270. The Kier molecular flexibility index (Phi) is 7.94. The molecule has 0 aliphatic heterocycles. The number of nitrogens with two attached hydrogens (primary N) is 1. The van der Waals surface area contributed by atoms with E-state index in [1.54, 1.807) is 30.5 Å². The Hall–Kier alpha value is -1.86. The minimum Gasteiger partial charge on any atom is -0.399 e. The molecule has 0 bridgehead atoms. The zero-order valence-corrected chi connectivity index (χ0v) is 16.8. The van der Waals surface area contributed by atoms with Crippen LogP contribution in [0.15, 0.2) is 53.6 Å². The highest BCUT2D eigenvalue weighted by Gasteiger charge is 2.05. The lowest BCUT2D eigenvalue weighted by Gasteiger charge is -2.23. The zero-order valence-electron chi connectivity index (χ0n) is 13.7. The van der Waals surface area contributed by atoms with Gasteiger partial charge in [0.2, 0.25) is 0 Å². The standard InChI is InChI=1S/C18H20Br2N4O/c19-9-11-24(12-10-20)17-7-1-14(2-8-17)13-22-23-18(25)15-3-5-16(21)6-4-15/h1-8,13H,9-12,21H2,(H,23,25)/b22-13+. The largest absolute Gasteiger partial charge is 0.399 e. The molecule has 0 radical (unpaired) electrons. The van der Waals surface area contributed by atoms with Crippen molar-refractivity contribution >= 4 is 55.4 Å². The van der Waals surface area contributed by atoms with Crippen LogP contribution >= 0.6 is 31.9 Å². The molecule has 0 saturated heterocycles. The van der Waals surface area contributed by atoms with Gasteiger partial charge in [0.1, 0.15) is 0 Å². The van der Waals surface area contributed by atoms with E-state index in [9.17, 15) is 4.79 Å². The van der Waals surface area contributed by atoms with Crippen molar-refractivity contribution in [3.8, 4) is 0 Å². The van der Waals surface area contributed by atoms with Crippen LogP contribution in [0.1, 0.15) is 15.9 Å². The summed E-state index contributed by atoms with van der Waals surface area (Å²) in [7, 11) is 0. The molecule has 25 heavy (non-hydrogen) atoms. The number of hydrazone groups is 1. The Morgan fingerprint density at radius 2 is 1.64 bits per heavy atom. The number of hydrogen-bond donors (Lipinski definition) is 2. The van der Waals surface area contributed by atoms with Gasteiger partial charge >= 0.3 is 0 Å². The van der Waals surface area contributed by atoms with Crippen LogP contribution < -0.4 is 16.1 Å². The Morgan fingerprint density at radius 3 is 2.20 bits per heavy atom. The molecule has 132 valence electrons. The van der Waals surface area contributed by atoms with E-state index in [-0.39, 0.29) is 5.91 Å². The van der Waals surface area contributed by atoms with E-state index in [2.05, 4.69) is 59.4 Å². The lowest BCUT2D eigenvalue weighted by molar-refractivity contribution is 0.0955. The Balaban J connectivity index is 1.94. The molecule has 0 aliphatic carbocycles. The first-order chi connectivity index (χ1) is 12.1. The molecule has 1 amide bonds. The molecule has 0 saturated carbocycles. The van der Waals surface area contributed by atoms with Gasteiger partial charge in [-0.15, -0.1) is 0 Å². The number of anilines is 2. The first kappa shape index (κ1) is 19.5. The monoisotopic (exact) mass is 466 g/mol. The second kappa shape index (κ2) is 10.2. The third-order valence-corrected chi connectivity index (χ3v) is 4.23. The van der Waals surface area contributed by atoms with Gasteiger partial charge in [-0.1, -0.05) is 44.0 Å². The van der Waals surface area contributed by atoms with Crippen molar-refractivity contribution < 1.29 is 4.79 Å². The van der Waals surface area contributed by atoms with Gasteiger partial charge < -0.3 is 10.6 Å². The van der Waals surface area contributed by atoms with Crippen molar-refractivity contribution in [1.29, 1.82) is 0 Å². The van der Waals surface area contributed by atoms with Gasteiger partial charge in [0.15, 0.2) is 0 Å². The molecule has 2 rings (SSSR count). The summed E-state index contributed by atoms with van der Waals surface area (Å²) in [6.07, 6.45) is 1.62. The Bertz CT molecular complexity index is 696. The first-order valence-corrected chi connectivity index (χ1v) is 10.0. The van der Waals surface area contributed by atoms with Crippen LogP contribution in [0.4, 0.5) is 11.4 Å². The number of carbonyl (C=O) groups excluding carboxylic acids is 1. The average Bonchev–Trinajstić information content (AvgIpc) is 2.62. The van der Waals surface area contributed by atoms with Gasteiger partial charge in [0, 0.05) is 40.7 Å². The minimum atomic E-state index is -0.270. The smallest absolute Gasteiger partial charge is 0.271 e. The summed E-state index contributed by atoms with van der Waals surface area (Å²) in [6, 6.07) is 14.7. The number of benzene rings is 2. The lowest BCUT2D eigenvalue weighted by atomic mass is 10.2. The van der Waals surface area contributed by atoms with Gasteiger partial charge in [0.05, 0.1) is 6.21 Å². The second-order valence-corrected chi connectivity index (χ2v) is 6.86. The van der Waals surface area contributed by atoms with Crippen molar-refractivity contribution in [2.24, 2.45) is 5.10 Å². The Labute approximate surface area is 164 Å². The third-order valence-electron chi connectivity index (χ3n) is 3.52. The van der Waals surface area contributed by atoms with Crippen molar-refractivity contribution in [2.75, 3.05) is 34.4 Å². The van der Waals surface area contributed by atoms with Gasteiger partial charge in [-0.3, -0.25) is 4.79 Å². The summed E-state index contributed by atoms with van der Waals surface area (Å²) in [5.74, 6) is -0.270. The number of amides is 1. The number of nitrogen functional groups attached to an aromatic ring is 1. The molecular formula is C18H20Br2N4O. The van der Waals surface area contributed by atoms with Crippen LogP contribution in [0.3, 0.4) is 0 Å². The highest BCUT2D eigenvalue weighted by molar-refractivity contribution is 9.09. The van der Waals surface area contributed by atoms with Crippen LogP contribution in [0, 0.1) is 0 Å². The maximum Gasteiger partial charge on any atom is 0.271 e. The lowest BCUT2D eigenvalue weighted by Crippen LogP contribution is -2.27. The molecule has 0 aromatic heterocycles. The van der Waals surface area contributed by atoms with Crippen molar-refractivity contribution in [2.45, 2.75) is 0 Å². The van der Waals surface area contributed by atoms with E-state index in [0.717, 1.165) is 35.0 Å². The SMILES string of the molecule is Nc1ccc(C(=O)N/N=C/c2ccc(N(CCBr)CCBr)cc2)cc1. The molecular weight excluding hydrogens is 448 g/mol. The number of nitrogens with zero attached hydrogens (tertiary/aromatic N) is 2.